The zero-order valence-electron chi connectivity index (χ0n) is 4.47. The highest BCUT2D eigenvalue weighted by Crippen LogP contribution is 1.97. The van der Waals surface area contributed by atoms with Crippen LogP contribution in [-0.4, -0.2) is 0 Å². The fraction of sp³-hybridized carbons (Fsp3) is 0. The van der Waals surface area contributed by atoms with Crippen molar-refractivity contribution in [3.05, 3.63) is 23.5 Å². The molecule has 0 spiro atoms. The van der Waals surface area contributed by atoms with Crippen LogP contribution in [0.25, 0.3) is 0 Å². The number of hydrogen-bond donors (Lipinski definition) is 0. The fourth-order valence-electron chi connectivity index (χ4n) is 0.454. The van der Waals surface area contributed by atoms with Crippen LogP contribution in [-0.2, 0) is 4.57 Å². The minimum absolute atomic E-state index is 0.0121. The molecule has 0 radical (unpaired) electrons. The molecule has 0 aromatic carbocycles. The molecule has 0 bridgehead atoms. The summed E-state index contributed by atoms with van der Waals surface area (Å²) in [7, 11) is 0.0121. The number of hydrogen-bond acceptors (Lipinski definition) is 1. The predicted octanol–water partition coefficient (Wildman–Crippen LogP) is 1.07. The normalized spacial score (nSPS) is 9.89. The Bertz CT molecular complexity index is 211. The Kier molecular flexibility index (Phi) is 2.15. The summed E-state index contributed by atoms with van der Waals surface area (Å²) in [6.45, 7) is 0. The van der Waals surface area contributed by atoms with Gasteiger partial charge in [0.25, 0.3) is 5.15 Å². The summed E-state index contributed by atoms with van der Waals surface area (Å²) in [5, 5.41) is 1.24. The van der Waals surface area contributed by atoms with E-state index in [9.17, 15) is 4.57 Å². The number of nitrogens with one attached hydrogen (secondary N) is 1. The fourth-order valence-corrected chi connectivity index (χ4v) is 0.825. The third-order valence-electron chi connectivity index (χ3n) is 0.864. The Morgan fingerprint density at radius 3 is 2.78 bits per heavy atom. The van der Waals surface area contributed by atoms with Crippen molar-refractivity contribution in [2.75, 3.05) is 0 Å². The Hall–Kier alpha value is -0.460. The lowest BCUT2D eigenvalue weighted by molar-refractivity contribution is -0.374. The van der Waals surface area contributed by atoms with Gasteiger partial charge in [0.15, 0.2) is 14.7 Å². The zero-order chi connectivity index (χ0) is 6.69. The largest absolute Gasteiger partial charge is 0.273 e. The Morgan fingerprint density at radius 1 is 1.56 bits per heavy atom. The number of pyridine rings is 1. The van der Waals surface area contributed by atoms with Gasteiger partial charge in [0.2, 0.25) is 0 Å². The smallest absolute Gasteiger partial charge is 0.269 e. The van der Waals surface area contributed by atoms with Gasteiger partial charge in [-0.05, 0) is 17.7 Å². The molecule has 0 amide bonds. The van der Waals surface area contributed by atoms with Gasteiger partial charge in [0.05, 0.1) is 0 Å². The molecule has 0 atom stereocenters. The molecular weight excluding hydrogens is 156 g/mol. The van der Waals surface area contributed by atoms with Crippen LogP contribution < -0.4 is 10.3 Å². The summed E-state index contributed by atoms with van der Waals surface area (Å²) < 4.78 is 10.2. The first-order chi connectivity index (χ1) is 4.33. The average molecular weight is 161 g/mol. The van der Waals surface area contributed by atoms with E-state index in [-0.39, 0.29) is 8.46 Å². The second-order valence-electron chi connectivity index (χ2n) is 1.49. The summed E-state index contributed by atoms with van der Waals surface area (Å²) >= 11 is 5.51. The van der Waals surface area contributed by atoms with E-state index in [4.69, 9.17) is 11.6 Å². The number of halogens is 1. The highest BCUT2D eigenvalue weighted by atomic mass is 35.5. The summed E-state index contributed by atoms with van der Waals surface area (Å²) in [6.07, 6.45) is 1.59. The molecular formula is C5H4ClNOP+. The topological polar surface area (TPSA) is 31.2 Å². The van der Waals surface area contributed by atoms with Gasteiger partial charge < -0.3 is 0 Å². The maximum atomic E-state index is 10.2. The maximum Gasteiger partial charge on any atom is 0.273 e. The molecule has 4 heteroatoms. The molecule has 0 saturated heterocycles. The highest BCUT2D eigenvalue weighted by molar-refractivity contribution is 7.34. The minimum atomic E-state index is 0.0121. The van der Waals surface area contributed by atoms with Crippen LogP contribution in [0.5, 0.6) is 0 Å². The van der Waals surface area contributed by atoms with E-state index in [1.807, 2.05) is 0 Å². The lowest BCUT2D eigenvalue weighted by Gasteiger charge is -1.79. The van der Waals surface area contributed by atoms with Gasteiger partial charge in [-0.3, -0.25) is 4.57 Å². The van der Waals surface area contributed by atoms with E-state index in [0.29, 0.717) is 10.5 Å². The molecule has 1 N–H and O–H groups in total. The lowest BCUT2D eigenvalue weighted by atomic mass is 10.5. The van der Waals surface area contributed by atoms with Crippen molar-refractivity contribution in [2.45, 2.75) is 0 Å². The predicted molar refractivity (Wildman–Crippen MR) is 35.2 cm³/mol. The van der Waals surface area contributed by atoms with Gasteiger partial charge in [0.1, 0.15) is 5.30 Å². The van der Waals surface area contributed by atoms with E-state index in [1.54, 1.807) is 18.3 Å². The first kappa shape index (κ1) is 6.66. The monoisotopic (exact) mass is 160 g/mol. The van der Waals surface area contributed by atoms with E-state index in [2.05, 4.69) is 4.98 Å². The minimum Gasteiger partial charge on any atom is -0.269 e. The number of aromatic amines is 1. The van der Waals surface area contributed by atoms with Crippen molar-refractivity contribution in [1.29, 1.82) is 0 Å². The van der Waals surface area contributed by atoms with E-state index < -0.39 is 0 Å². The number of rotatable bonds is 1. The second-order valence-corrected chi connectivity index (χ2v) is 2.59. The number of aromatic nitrogens is 1. The second kappa shape index (κ2) is 2.90. The Balaban J connectivity index is 3.01. The zero-order valence-corrected chi connectivity index (χ0v) is 6.12. The summed E-state index contributed by atoms with van der Waals surface area (Å²) in [5.74, 6) is 0. The molecule has 1 rings (SSSR count). The van der Waals surface area contributed by atoms with E-state index in [0.717, 1.165) is 0 Å². The molecule has 1 heterocycles. The van der Waals surface area contributed by atoms with Crippen molar-refractivity contribution in [3.8, 4) is 0 Å². The molecule has 1 aromatic heterocycles. The van der Waals surface area contributed by atoms with Crippen molar-refractivity contribution >= 4 is 25.4 Å². The van der Waals surface area contributed by atoms with Crippen LogP contribution in [0.1, 0.15) is 0 Å². The lowest BCUT2D eigenvalue weighted by Crippen LogP contribution is -2.08. The molecule has 0 aliphatic carbocycles. The van der Waals surface area contributed by atoms with Crippen LogP contribution in [0.4, 0.5) is 0 Å². The van der Waals surface area contributed by atoms with E-state index in [1.165, 1.54) is 0 Å². The SMILES string of the molecule is O=Pc1ccc(Cl)[nH+]c1. The first-order valence-corrected chi connectivity index (χ1v) is 3.52. The third kappa shape index (κ3) is 1.74. The molecule has 0 saturated carbocycles. The standard InChI is InChI=1S/C5H3ClNOP/c6-5-2-1-4(9-8)3-7-5/h1-3H/p+1. The average Bonchev–Trinajstić information content (AvgIpc) is 1.90. The highest BCUT2D eigenvalue weighted by Gasteiger charge is 1.95. The van der Waals surface area contributed by atoms with Gasteiger partial charge in [-0.1, -0.05) is 0 Å². The molecule has 0 fully saturated rings. The van der Waals surface area contributed by atoms with Crippen LogP contribution >= 0.6 is 20.1 Å². The molecule has 0 aliphatic rings. The molecule has 0 unspecified atom stereocenters. The van der Waals surface area contributed by atoms with Gasteiger partial charge in [-0.15, -0.1) is 0 Å². The van der Waals surface area contributed by atoms with E-state index >= 15 is 0 Å². The summed E-state index contributed by atoms with van der Waals surface area (Å²) in [5.41, 5.74) is 0. The molecule has 2 nitrogen and oxygen atoms in total. The molecule has 1 aromatic rings. The van der Waals surface area contributed by atoms with Gasteiger partial charge in [-0.25, -0.2) is 4.98 Å². The van der Waals surface area contributed by atoms with Gasteiger partial charge in [-0.2, -0.15) is 0 Å². The van der Waals surface area contributed by atoms with Crippen LogP contribution in [0.15, 0.2) is 18.3 Å². The van der Waals surface area contributed by atoms with Crippen molar-refractivity contribution in [3.63, 3.8) is 0 Å². The van der Waals surface area contributed by atoms with Crippen molar-refractivity contribution < 1.29 is 9.55 Å². The molecule has 0 aliphatic heterocycles. The number of H-pyrrole nitrogens is 1. The van der Waals surface area contributed by atoms with Gasteiger partial charge >= 0.3 is 0 Å². The summed E-state index contributed by atoms with van der Waals surface area (Å²) in [4.78, 5) is 2.71. The molecule has 46 valence electrons. The quantitative estimate of drug-likeness (QED) is 0.447. The Labute approximate surface area is 59.1 Å². The maximum absolute atomic E-state index is 10.2. The summed E-state index contributed by atoms with van der Waals surface area (Å²) in [6, 6.07) is 3.34. The first-order valence-electron chi connectivity index (χ1n) is 2.33. The molecule has 9 heavy (non-hydrogen) atoms. The van der Waals surface area contributed by atoms with Crippen LogP contribution in [0.3, 0.4) is 0 Å². The van der Waals surface area contributed by atoms with Crippen molar-refractivity contribution in [1.82, 2.24) is 0 Å². The Morgan fingerprint density at radius 2 is 2.33 bits per heavy atom. The van der Waals surface area contributed by atoms with Crippen LogP contribution in [0, 0.1) is 0 Å². The van der Waals surface area contributed by atoms with Gasteiger partial charge in [0, 0.05) is 6.07 Å². The van der Waals surface area contributed by atoms with Crippen LogP contribution in [0.2, 0.25) is 5.15 Å². The third-order valence-corrected chi connectivity index (χ3v) is 1.59. The van der Waals surface area contributed by atoms with Crippen molar-refractivity contribution in [2.24, 2.45) is 0 Å².